The van der Waals surface area contributed by atoms with E-state index in [2.05, 4.69) is 8.67 Å². The van der Waals surface area contributed by atoms with E-state index in [0.29, 0.717) is 0 Å². The molecule has 0 amide bonds. The van der Waals surface area contributed by atoms with Crippen molar-refractivity contribution in [2.75, 3.05) is 26.2 Å². The second-order valence-corrected chi connectivity index (χ2v) is 7.90. The fourth-order valence-corrected chi connectivity index (χ4v) is 4.49. The van der Waals surface area contributed by atoms with Crippen LogP contribution in [0.5, 0.6) is 0 Å². The second-order valence-electron chi connectivity index (χ2n) is 2.62. The summed E-state index contributed by atoms with van der Waals surface area (Å²) < 4.78 is 16.9. The van der Waals surface area contributed by atoms with Gasteiger partial charge in [0.05, 0.1) is 0 Å². The first-order chi connectivity index (χ1) is 5.58. The number of piperazine rings is 1. The molecular weight excluding hydrogens is 236 g/mol. The van der Waals surface area contributed by atoms with Gasteiger partial charge in [0.15, 0.2) is 0 Å². The molecule has 0 bridgehead atoms. The SMILES string of the molecule is O=P(O)(O)[O][Zn][N]1CCNCC1. The fraction of sp³-hybridized carbons (Fsp3) is 1.00. The standard InChI is InChI=1S/C4H9N2.H3O4P.Zn/c1-2-6-4-3-5-1;1-5(2,3)4;/h5H,1-4H2;(H3,1,2,3,4);/q-1;;+2/p-1. The second kappa shape index (κ2) is 4.77. The molecule has 0 unspecified atom stereocenters. The van der Waals surface area contributed by atoms with Crippen LogP contribution in [0.3, 0.4) is 0 Å². The molecule has 0 aromatic heterocycles. The Bertz CT molecular complexity index is 180. The third-order valence-electron chi connectivity index (χ3n) is 1.62. The molecule has 0 saturated carbocycles. The summed E-state index contributed by atoms with van der Waals surface area (Å²) in [5, 5.41) is 3.15. The number of phosphoric acid groups is 1. The van der Waals surface area contributed by atoms with Gasteiger partial charge >= 0.3 is 78.4 Å². The molecule has 1 heterocycles. The van der Waals surface area contributed by atoms with Gasteiger partial charge in [-0.1, -0.05) is 0 Å². The molecule has 0 spiro atoms. The maximum atomic E-state index is 10.4. The van der Waals surface area contributed by atoms with Gasteiger partial charge < -0.3 is 0 Å². The van der Waals surface area contributed by atoms with E-state index in [1.165, 1.54) is 0 Å². The molecule has 0 aromatic rings. The van der Waals surface area contributed by atoms with Crippen LogP contribution in [0.1, 0.15) is 0 Å². The zero-order valence-corrected chi connectivity index (χ0v) is 10.5. The van der Waals surface area contributed by atoms with Crippen LogP contribution in [-0.2, 0) is 25.6 Å². The van der Waals surface area contributed by atoms with E-state index in [0.717, 1.165) is 26.2 Å². The molecule has 68 valence electrons. The summed E-state index contributed by atoms with van der Waals surface area (Å²) in [5.74, 6) is 0. The monoisotopic (exact) mass is 246 g/mol. The van der Waals surface area contributed by atoms with Crippen LogP contribution < -0.4 is 5.32 Å². The molecule has 0 aliphatic carbocycles. The van der Waals surface area contributed by atoms with Gasteiger partial charge in [0.25, 0.3) is 0 Å². The van der Waals surface area contributed by atoms with Crippen molar-refractivity contribution in [2.24, 2.45) is 0 Å². The van der Waals surface area contributed by atoms with Crippen LogP contribution in [0.25, 0.3) is 0 Å². The molecule has 0 atom stereocenters. The molecule has 1 saturated heterocycles. The summed E-state index contributed by atoms with van der Waals surface area (Å²) in [6.45, 7) is 3.46. The topological polar surface area (TPSA) is 82.0 Å². The van der Waals surface area contributed by atoms with E-state index in [1.807, 2.05) is 3.64 Å². The van der Waals surface area contributed by atoms with Crippen LogP contribution in [0, 0.1) is 0 Å². The van der Waals surface area contributed by atoms with Crippen molar-refractivity contribution in [1.82, 2.24) is 8.96 Å². The van der Waals surface area contributed by atoms with E-state index < -0.39 is 25.5 Å². The Morgan fingerprint density at radius 2 is 2.00 bits per heavy atom. The molecule has 1 aliphatic heterocycles. The van der Waals surface area contributed by atoms with Gasteiger partial charge in [-0.3, -0.25) is 0 Å². The van der Waals surface area contributed by atoms with E-state index in [1.54, 1.807) is 0 Å². The van der Waals surface area contributed by atoms with Crippen molar-refractivity contribution in [1.29, 1.82) is 0 Å². The van der Waals surface area contributed by atoms with E-state index in [4.69, 9.17) is 9.79 Å². The predicted octanol–water partition coefficient (Wildman–Crippen LogP) is -1.09. The van der Waals surface area contributed by atoms with Crippen LogP contribution in [0.4, 0.5) is 0 Å². The van der Waals surface area contributed by atoms with E-state index in [9.17, 15) is 4.57 Å². The van der Waals surface area contributed by atoms with E-state index >= 15 is 0 Å². The quantitative estimate of drug-likeness (QED) is 0.434. The summed E-state index contributed by atoms with van der Waals surface area (Å²) in [4.78, 5) is 16.9. The number of nitrogens with zero attached hydrogens (tertiary/aromatic N) is 1. The van der Waals surface area contributed by atoms with Gasteiger partial charge in [0.1, 0.15) is 0 Å². The van der Waals surface area contributed by atoms with Gasteiger partial charge in [0, 0.05) is 0 Å². The first kappa shape index (κ1) is 10.7. The van der Waals surface area contributed by atoms with Gasteiger partial charge in [-0.2, -0.15) is 0 Å². The van der Waals surface area contributed by atoms with Crippen LogP contribution in [0.15, 0.2) is 0 Å². The van der Waals surface area contributed by atoms with Crippen LogP contribution >= 0.6 is 7.82 Å². The zero-order valence-electron chi connectivity index (χ0n) is 6.64. The molecule has 6 nitrogen and oxygen atoms in total. The number of hydrogen-bond donors (Lipinski definition) is 3. The average molecular weight is 248 g/mol. The minimum atomic E-state index is -4.21. The number of hydrogen-bond acceptors (Lipinski definition) is 4. The van der Waals surface area contributed by atoms with Crippen molar-refractivity contribution in [3.63, 3.8) is 0 Å². The number of rotatable bonds is 3. The molecule has 1 aliphatic rings. The first-order valence-electron chi connectivity index (χ1n) is 3.71. The minimum absolute atomic E-state index is 0.847. The zero-order chi connectivity index (χ0) is 9.03. The van der Waals surface area contributed by atoms with Crippen molar-refractivity contribution < 1.29 is 35.4 Å². The van der Waals surface area contributed by atoms with E-state index in [-0.39, 0.29) is 0 Å². The van der Waals surface area contributed by atoms with Crippen molar-refractivity contribution in [3.8, 4) is 0 Å². The molecule has 1 rings (SSSR count). The summed E-state index contributed by atoms with van der Waals surface area (Å²) in [6, 6.07) is 0. The Morgan fingerprint density at radius 1 is 1.42 bits per heavy atom. The predicted molar refractivity (Wildman–Crippen MR) is 37.6 cm³/mol. The Balaban J connectivity index is 2.17. The van der Waals surface area contributed by atoms with Crippen molar-refractivity contribution >= 4 is 7.82 Å². The Hall–Kier alpha value is 0.653. The van der Waals surface area contributed by atoms with Gasteiger partial charge in [0.2, 0.25) is 0 Å². The molecular formula is C4H11N2O4PZn. The summed E-state index contributed by atoms with van der Waals surface area (Å²) >= 11 is -1.63. The van der Waals surface area contributed by atoms with Crippen LogP contribution in [0.2, 0.25) is 0 Å². The fourth-order valence-electron chi connectivity index (χ4n) is 0.997. The third-order valence-corrected chi connectivity index (χ3v) is 7.01. The summed E-state index contributed by atoms with van der Waals surface area (Å²) in [7, 11) is -4.21. The number of nitrogens with one attached hydrogen (secondary N) is 1. The maximum absolute atomic E-state index is 10.4. The summed E-state index contributed by atoms with van der Waals surface area (Å²) in [6.07, 6.45) is 0. The van der Waals surface area contributed by atoms with Crippen LogP contribution in [-0.4, -0.2) is 39.6 Å². The normalized spacial score (nSPS) is 20.5. The molecule has 3 N–H and O–H groups in total. The van der Waals surface area contributed by atoms with Crippen molar-refractivity contribution in [2.45, 2.75) is 0 Å². The molecule has 0 radical (unpaired) electrons. The average Bonchev–Trinajstić information content (AvgIpc) is 2.02. The molecule has 0 aromatic carbocycles. The molecule has 1 fully saturated rings. The van der Waals surface area contributed by atoms with Gasteiger partial charge in [-0.15, -0.1) is 0 Å². The Labute approximate surface area is 78.8 Å². The first-order valence-corrected chi connectivity index (χ1v) is 7.78. The Kier molecular flexibility index (Phi) is 4.27. The van der Waals surface area contributed by atoms with Gasteiger partial charge in [-0.25, -0.2) is 0 Å². The Morgan fingerprint density at radius 3 is 2.50 bits per heavy atom. The third kappa shape index (κ3) is 4.62. The molecule has 12 heavy (non-hydrogen) atoms. The van der Waals surface area contributed by atoms with Crippen molar-refractivity contribution in [3.05, 3.63) is 0 Å². The summed E-state index contributed by atoms with van der Waals surface area (Å²) in [5.41, 5.74) is 0. The van der Waals surface area contributed by atoms with Gasteiger partial charge in [-0.05, 0) is 0 Å². The molecule has 8 heteroatoms.